The highest BCUT2D eigenvalue weighted by Gasteiger charge is 2.09. The van der Waals surface area contributed by atoms with Gasteiger partial charge in [0.05, 0.1) is 18.3 Å². The number of benzene rings is 2. The molecule has 0 aliphatic heterocycles. The number of para-hydroxylation sites is 1. The van der Waals surface area contributed by atoms with Gasteiger partial charge in [-0.05, 0) is 29.8 Å². The molecule has 2 heterocycles. The molecule has 140 valence electrons. The predicted octanol–water partition coefficient (Wildman–Crippen LogP) is 4.50. The molecule has 0 saturated carbocycles. The number of hydrogen-bond donors (Lipinski definition) is 3. The van der Waals surface area contributed by atoms with E-state index in [1.54, 1.807) is 36.5 Å². The van der Waals surface area contributed by atoms with Crippen molar-refractivity contribution in [1.29, 1.82) is 0 Å². The number of nitrogens with zero attached hydrogens (tertiary/aromatic N) is 1. The molecule has 1 amide bonds. The zero-order valence-corrected chi connectivity index (χ0v) is 15.1. The highest BCUT2D eigenvalue weighted by atomic mass is 19.1. The highest BCUT2D eigenvalue weighted by molar-refractivity contribution is 5.95. The second-order valence-corrected chi connectivity index (χ2v) is 6.46. The number of H-pyrrole nitrogens is 1. The number of pyridine rings is 1. The summed E-state index contributed by atoms with van der Waals surface area (Å²) in [6.07, 6.45) is 3.73. The lowest BCUT2D eigenvalue weighted by molar-refractivity contribution is -0.115. The minimum Gasteiger partial charge on any atom is -0.380 e. The van der Waals surface area contributed by atoms with Crippen LogP contribution in [0.5, 0.6) is 0 Å². The third-order valence-electron chi connectivity index (χ3n) is 4.50. The maximum absolute atomic E-state index is 13.6. The zero-order chi connectivity index (χ0) is 19.3. The third kappa shape index (κ3) is 4.01. The number of carbonyl (C=O) groups is 1. The van der Waals surface area contributed by atoms with Crippen LogP contribution < -0.4 is 10.6 Å². The molecule has 2 aromatic heterocycles. The van der Waals surface area contributed by atoms with E-state index < -0.39 is 0 Å². The van der Waals surface area contributed by atoms with Crippen LogP contribution in [0.1, 0.15) is 11.1 Å². The fraction of sp³-hybridized carbons (Fsp3) is 0.0909. The number of fused-ring (bicyclic) bond motifs is 1. The number of amides is 1. The number of nitrogens with one attached hydrogen (secondary N) is 3. The van der Waals surface area contributed by atoms with Crippen LogP contribution in [0.25, 0.3) is 10.9 Å². The Labute approximate surface area is 161 Å². The average Bonchev–Trinajstić information content (AvgIpc) is 3.11. The Hall–Kier alpha value is -3.67. The lowest BCUT2D eigenvalue weighted by Gasteiger charge is -2.08. The maximum Gasteiger partial charge on any atom is 0.230 e. The summed E-state index contributed by atoms with van der Waals surface area (Å²) < 4.78 is 13.6. The minimum atomic E-state index is -0.246. The molecule has 5 nitrogen and oxygen atoms in total. The molecule has 6 heteroatoms. The van der Waals surface area contributed by atoms with Crippen LogP contribution in [0.2, 0.25) is 0 Å². The van der Waals surface area contributed by atoms with Crippen molar-refractivity contribution in [2.24, 2.45) is 0 Å². The molecule has 0 radical (unpaired) electrons. The second-order valence-electron chi connectivity index (χ2n) is 6.46. The number of carbonyl (C=O) groups excluding carboxylic acids is 1. The first-order valence-corrected chi connectivity index (χ1v) is 8.97. The van der Waals surface area contributed by atoms with Crippen molar-refractivity contribution in [3.05, 3.63) is 90.0 Å². The van der Waals surface area contributed by atoms with E-state index in [0.717, 1.165) is 22.2 Å². The van der Waals surface area contributed by atoms with Gasteiger partial charge in [-0.2, -0.15) is 0 Å². The Balaban J connectivity index is 1.35. The fourth-order valence-corrected chi connectivity index (χ4v) is 3.05. The zero-order valence-electron chi connectivity index (χ0n) is 15.1. The molecule has 28 heavy (non-hydrogen) atoms. The molecule has 2 aromatic carbocycles. The first-order chi connectivity index (χ1) is 13.7. The van der Waals surface area contributed by atoms with Gasteiger partial charge in [0.15, 0.2) is 0 Å². The van der Waals surface area contributed by atoms with E-state index in [4.69, 9.17) is 0 Å². The van der Waals surface area contributed by atoms with Crippen molar-refractivity contribution in [2.45, 2.75) is 13.0 Å². The van der Waals surface area contributed by atoms with Crippen LogP contribution >= 0.6 is 0 Å². The maximum atomic E-state index is 13.6. The van der Waals surface area contributed by atoms with Crippen LogP contribution in [0.3, 0.4) is 0 Å². The van der Waals surface area contributed by atoms with E-state index in [1.807, 2.05) is 30.5 Å². The SMILES string of the molecule is O=C(Cc1c[nH]c2ccccc12)Nc1ccc(NCc2ccccc2F)cn1. The van der Waals surface area contributed by atoms with Gasteiger partial charge < -0.3 is 15.6 Å². The number of aromatic nitrogens is 2. The average molecular weight is 374 g/mol. The van der Waals surface area contributed by atoms with Gasteiger partial charge in [0.25, 0.3) is 0 Å². The summed E-state index contributed by atoms with van der Waals surface area (Å²) in [5.74, 6) is 0.0923. The Bertz CT molecular complexity index is 1100. The fourth-order valence-electron chi connectivity index (χ4n) is 3.05. The highest BCUT2D eigenvalue weighted by Crippen LogP contribution is 2.19. The molecule has 3 N–H and O–H groups in total. The van der Waals surface area contributed by atoms with Gasteiger partial charge in [-0.15, -0.1) is 0 Å². The summed E-state index contributed by atoms with van der Waals surface area (Å²) in [4.78, 5) is 19.7. The molecule has 0 atom stereocenters. The molecule has 4 rings (SSSR count). The summed E-state index contributed by atoms with van der Waals surface area (Å²) >= 11 is 0. The Morgan fingerprint density at radius 1 is 1.00 bits per heavy atom. The van der Waals surface area contributed by atoms with Gasteiger partial charge in [-0.25, -0.2) is 9.37 Å². The topological polar surface area (TPSA) is 69.8 Å². The molecule has 0 aliphatic rings. The van der Waals surface area contributed by atoms with Crippen LogP contribution in [-0.4, -0.2) is 15.9 Å². The number of hydrogen-bond acceptors (Lipinski definition) is 3. The first kappa shape index (κ1) is 17.7. The van der Waals surface area contributed by atoms with Crippen molar-refractivity contribution in [2.75, 3.05) is 10.6 Å². The van der Waals surface area contributed by atoms with Gasteiger partial charge in [0.2, 0.25) is 5.91 Å². The molecule has 0 unspecified atom stereocenters. The lowest BCUT2D eigenvalue weighted by Crippen LogP contribution is -2.15. The van der Waals surface area contributed by atoms with Crippen molar-refractivity contribution < 1.29 is 9.18 Å². The Morgan fingerprint density at radius 3 is 2.64 bits per heavy atom. The molecule has 0 bridgehead atoms. The van der Waals surface area contributed by atoms with Crippen LogP contribution in [0.15, 0.2) is 73.1 Å². The van der Waals surface area contributed by atoms with E-state index in [0.29, 0.717) is 17.9 Å². The summed E-state index contributed by atoms with van der Waals surface area (Å²) in [5.41, 5.74) is 3.28. The lowest BCUT2D eigenvalue weighted by atomic mass is 10.1. The van der Waals surface area contributed by atoms with Gasteiger partial charge in [-0.1, -0.05) is 36.4 Å². The van der Waals surface area contributed by atoms with Gasteiger partial charge in [0.1, 0.15) is 11.6 Å². The molecule has 0 saturated heterocycles. The van der Waals surface area contributed by atoms with Crippen LogP contribution in [0, 0.1) is 5.82 Å². The van der Waals surface area contributed by atoms with E-state index in [9.17, 15) is 9.18 Å². The normalized spacial score (nSPS) is 10.8. The van der Waals surface area contributed by atoms with E-state index in [1.165, 1.54) is 6.07 Å². The largest absolute Gasteiger partial charge is 0.380 e. The molecule has 0 aliphatic carbocycles. The summed E-state index contributed by atoms with van der Waals surface area (Å²) in [5, 5.41) is 6.96. The van der Waals surface area contributed by atoms with E-state index >= 15 is 0 Å². The predicted molar refractivity (Wildman–Crippen MR) is 109 cm³/mol. The summed E-state index contributed by atoms with van der Waals surface area (Å²) in [6.45, 7) is 0.362. The minimum absolute atomic E-state index is 0.135. The number of rotatable bonds is 6. The first-order valence-electron chi connectivity index (χ1n) is 8.97. The van der Waals surface area contributed by atoms with Gasteiger partial charge in [0, 0.05) is 29.2 Å². The van der Waals surface area contributed by atoms with Crippen LogP contribution in [0.4, 0.5) is 15.9 Å². The van der Waals surface area contributed by atoms with Crippen molar-refractivity contribution >= 4 is 28.3 Å². The van der Waals surface area contributed by atoms with Crippen molar-refractivity contribution in [3.63, 3.8) is 0 Å². The van der Waals surface area contributed by atoms with E-state index in [-0.39, 0.29) is 18.1 Å². The van der Waals surface area contributed by atoms with Crippen LogP contribution in [-0.2, 0) is 17.8 Å². The second kappa shape index (κ2) is 7.92. The Morgan fingerprint density at radius 2 is 1.82 bits per heavy atom. The summed E-state index contributed by atoms with van der Waals surface area (Å²) in [6, 6.07) is 18.0. The summed E-state index contributed by atoms with van der Waals surface area (Å²) in [7, 11) is 0. The third-order valence-corrected chi connectivity index (χ3v) is 4.50. The molecular weight excluding hydrogens is 355 g/mol. The number of anilines is 2. The molecule has 4 aromatic rings. The molecule has 0 fully saturated rings. The number of halogens is 1. The monoisotopic (exact) mass is 374 g/mol. The van der Waals surface area contributed by atoms with Gasteiger partial charge in [-0.3, -0.25) is 4.79 Å². The van der Waals surface area contributed by atoms with Gasteiger partial charge >= 0.3 is 0 Å². The Kier molecular flexibility index (Phi) is 5.01. The smallest absolute Gasteiger partial charge is 0.230 e. The molecular formula is C22H19FN4O. The molecule has 0 spiro atoms. The van der Waals surface area contributed by atoms with Crippen molar-refractivity contribution in [3.8, 4) is 0 Å². The van der Waals surface area contributed by atoms with Crippen molar-refractivity contribution in [1.82, 2.24) is 9.97 Å². The number of aromatic amines is 1. The quantitative estimate of drug-likeness (QED) is 0.466. The van der Waals surface area contributed by atoms with E-state index in [2.05, 4.69) is 20.6 Å². The standard InChI is InChI=1S/C22H19FN4O/c23-19-7-3-1-5-15(19)12-24-17-9-10-21(26-14-17)27-22(28)11-16-13-25-20-8-4-2-6-18(16)20/h1-10,13-14,24-25H,11-12H2,(H,26,27,28).